The van der Waals surface area contributed by atoms with E-state index in [0.717, 1.165) is 59.9 Å². The van der Waals surface area contributed by atoms with E-state index in [2.05, 4.69) is 21.4 Å². The number of hydrogen-bond donors (Lipinski definition) is 1. The van der Waals surface area contributed by atoms with Gasteiger partial charge in [-0.2, -0.15) is 0 Å². The summed E-state index contributed by atoms with van der Waals surface area (Å²) in [6, 6.07) is 12.0. The van der Waals surface area contributed by atoms with Crippen LogP contribution in [0.2, 0.25) is 0 Å². The molecule has 1 aromatic carbocycles. The van der Waals surface area contributed by atoms with E-state index in [4.69, 9.17) is 9.72 Å². The predicted octanol–water partition coefficient (Wildman–Crippen LogP) is 3.68. The highest BCUT2D eigenvalue weighted by atomic mass is 16.5. The first-order valence-corrected chi connectivity index (χ1v) is 8.97. The third-order valence-electron chi connectivity index (χ3n) is 4.80. The van der Waals surface area contributed by atoms with Crippen LogP contribution in [-0.4, -0.2) is 35.2 Å². The van der Waals surface area contributed by atoms with Gasteiger partial charge in [-0.1, -0.05) is 12.1 Å². The lowest BCUT2D eigenvalue weighted by molar-refractivity contribution is 0.415. The van der Waals surface area contributed by atoms with Gasteiger partial charge in [-0.3, -0.25) is 4.98 Å². The van der Waals surface area contributed by atoms with Crippen molar-refractivity contribution in [2.75, 3.05) is 20.2 Å². The van der Waals surface area contributed by atoms with Crippen molar-refractivity contribution >= 4 is 0 Å². The van der Waals surface area contributed by atoms with Gasteiger partial charge >= 0.3 is 0 Å². The number of aromatic nitrogens is 3. The molecule has 0 spiro atoms. The third kappa shape index (κ3) is 3.44. The average molecular weight is 346 g/mol. The lowest BCUT2D eigenvalue weighted by Crippen LogP contribution is -2.29. The molecule has 2 aromatic heterocycles. The molecule has 0 radical (unpaired) electrons. The van der Waals surface area contributed by atoms with Crippen molar-refractivity contribution in [2.24, 2.45) is 0 Å². The Morgan fingerprint density at radius 2 is 2.04 bits per heavy atom. The van der Waals surface area contributed by atoms with Crippen LogP contribution >= 0.6 is 0 Å². The van der Waals surface area contributed by atoms with E-state index in [1.165, 1.54) is 0 Å². The zero-order chi connectivity index (χ0) is 17.8. The summed E-state index contributed by atoms with van der Waals surface area (Å²) in [6.45, 7) is 2.02. The number of nitrogens with one attached hydrogen (secondary N) is 1. The Labute approximate surface area is 153 Å². The van der Waals surface area contributed by atoms with E-state index in [0.29, 0.717) is 5.92 Å². The zero-order valence-electron chi connectivity index (χ0n) is 14.9. The van der Waals surface area contributed by atoms with E-state index < -0.39 is 0 Å². The summed E-state index contributed by atoms with van der Waals surface area (Å²) >= 11 is 0. The number of pyridine rings is 1. The fraction of sp³-hybridized carbons (Fsp3) is 0.286. The van der Waals surface area contributed by atoms with Crippen molar-refractivity contribution in [2.45, 2.75) is 18.8 Å². The van der Waals surface area contributed by atoms with Crippen molar-refractivity contribution in [3.8, 4) is 28.3 Å². The largest absolute Gasteiger partial charge is 0.497 e. The molecule has 0 amide bonds. The first-order valence-electron chi connectivity index (χ1n) is 8.97. The number of ether oxygens (including phenoxy) is 1. The molecule has 0 saturated carbocycles. The summed E-state index contributed by atoms with van der Waals surface area (Å²) in [4.78, 5) is 13.8. The van der Waals surface area contributed by atoms with Crippen LogP contribution in [0.25, 0.3) is 22.5 Å². The van der Waals surface area contributed by atoms with Gasteiger partial charge in [0.1, 0.15) is 5.75 Å². The molecule has 4 rings (SSSR count). The van der Waals surface area contributed by atoms with Crippen LogP contribution in [0.3, 0.4) is 0 Å². The molecule has 3 heterocycles. The van der Waals surface area contributed by atoms with Gasteiger partial charge in [0.25, 0.3) is 0 Å². The molecule has 0 bridgehead atoms. The molecule has 1 aliphatic rings. The molecular formula is C21H22N4O. The van der Waals surface area contributed by atoms with Crippen LogP contribution in [0.15, 0.2) is 55.0 Å². The molecule has 1 aliphatic heterocycles. The van der Waals surface area contributed by atoms with Gasteiger partial charge in [0.15, 0.2) is 5.82 Å². The fourth-order valence-corrected chi connectivity index (χ4v) is 3.44. The second-order valence-electron chi connectivity index (χ2n) is 6.51. The highest BCUT2D eigenvalue weighted by Gasteiger charge is 2.22. The van der Waals surface area contributed by atoms with Crippen molar-refractivity contribution < 1.29 is 4.74 Å². The van der Waals surface area contributed by atoms with Crippen LogP contribution in [0, 0.1) is 0 Å². The lowest BCUT2D eigenvalue weighted by atomic mass is 9.90. The van der Waals surface area contributed by atoms with Gasteiger partial charge in [-0.25, -0.2) is 9.97 Å². The summed E-state index contributed by atoms with van der Waals surface area (Å²) < 4.78 is 5.39. The van der Waals surface area contributed by atoms with Gasteiger partial charge in [-0.15, -0.1) is 0 Å². The summed E-state index contributed by atoms with van der Waals surface area (Å²) in [5, 5.41) is 3.50. The monoisotopic (exact) mass is 346 g/mol. The van der Waals surface area contributed by atoms with Gasteiger partial charge in [-0.05, 0) is 49.2 Å². The molecule has 5 heteroatoms. The Morgan fingerprint density at radius 3 is 2.81 bits per heavy atom. The zero-order valence-corrected chi connectivity index (χ0v) is 14.9. The quantitative estimate of drug-likeness (QED) is 0.781. The van der Waals surface area contributed by atoms with Gasteiger partial charge in [0, 0.05) is 42.2 Å². The van der Waals surface area contributed by atoms with Crippen LogP contribution in [0.5, 0.6) is 5.75 Å². The number of benzene rings is 1. The Bertz CT molecular complexity index is 876. The maximum Gasteiger partial charge on any atom is 0.160 e. The molecule has 1 atom stereocenters. The van der Waals surface area contributed by atoms with E-state index in [9.17, 15) is 0 Å². The average Bonchev–Trinajstić information content (AvgIpc) is 2.74. The summed E-state index contributed by atoms with van der Waals surface area (Å²) in [6.07, 6.45) is 7.81. The molecule has 1 fully saturated rings. The number of hydrogen-bond acceptors (Lipinski definition) is 5. The van der Waals surface area contributed by atoms with Gasteiger partial charge in [0.05, 0.1) is 12.8 Å². The van der Waals surface area contributed by atoms with E-state index in [1.807, 2.05) is 42.7 Å². The maximum absolute atomic E-state index is 5.39. The molecule has 1 unspecified atom stereocenters. The minimum absolute atomic E-state index is 0.378. The van der Waals surface area contributed by atoms with Crippen LogP contribution in [0.4, 0.5) is 0 Å². The minimum atomic E-state index is 0.378. The van der Waals surface area contributed by atoms with Crippen molar-refractivity contribution in [1.29, 1.82) is 0 Å². The molecule has 26 heavy (non-hydrogen) atoms. The fourth-order valence-electron chi connectivity index (χ4n) is 3.44. The predicted molar refractivity (Wildman–Crippen MR) is 102 cm³/mol. The Kier molecular flexibility index (Phi) is 4.88. The highest BCUT2D eigenvalue weighted by Crippen LogP contribution is 2.33. The van der Waals surface area contributed by atoms with Crippen LogP contribution in [-0.2, 0) is 0 Å². The highest BCUT2D eigenvalue weighted by molar-refractivity contribution is 5.69. The number of nitrogens with zero attached hydrogens (tertiary/aromatic N) is 3. The van der Waals surface area contributed by atoms with E-state index >= 15 is 0 Å². The van der Waals surface area contributed by atoms with Gasteiger partial charge < -0.3 is 10.1 Å². The molecule has 132 valence electrons. The lowest BCUT2D eigenvalue weighted by Gasteiger charge is -2.24. The third-order valence-corrected chi connectivity index (χ3v) is 4.80. The maximum atomic E-state index is 5.39. The van der Waals surface area contributed by atoms with Crippen molar-refractivity contribution in [3.63, 3.8) is 0 Å². The molecule has 1 N–H and O–H groups in total. The minimum Gasteiger partial charge on any atom is -0.497 e. The Morgan fingerprint density at radius 1 is 1.12 bits per heavy atom. The van der Waals surface area contributed by atoms with Gasteiger partial charge in [0.2, 0.25) is 0 Å². The molecular weight excluding hydrogens is 324 g/mol. The molecule has 0 aliphatic carbocycles. The SMILES string of the molecule is COc1cccc(-c2cnc(-c3cccnc3)nc2C2CCCNC2)c1. The number of piperidine rings is 1. The second kappa shape index (κ2) is 7.62. The Balaban J connectivity index is 1.81. The second-order valence-corrected chi connectivity index (χ2v) is 6.51. The van der Waals surface area contributed by atoms with E-state index in [1.54, 1.807) is 13.3 Å². The number of methoxy groups -OCH3 is 1. The van der Waals surface area contributed by atoms with Crippen LogP contribution < -0.4 is 10.1 Å². The van der Waals surface area contributed by atoms with E-state index in [-0.39, 0.29) is 0 Å². The summed E-state index contributed by atoms with van der Waals surface area (Å²) in [5.41, 5.74) is 4.20. The van der Waals surface area contributed by atoms with Crippen molar-refractivity contribution in [1.82, 2.24) is 20.3 Å². The number of rotatable bonds is 4. The Hall–Kier alpha value is -2.79. The molecule has 1 saturated heterocycles. The topological polar surface area (TPSA) is 59.9 Å². The standard InChI is InChI=1S/C21H22N4O/c1-26-18-8-2-5-15(11-18)19-14-24-21(17-7-4-10-23-13-17)25-20(19)16-6-3-9-22-12-16/h2,4-5,7-8,10-11,13-14,16,22H,3,6,9,12H2,1H3. The summed E-state index contributed by atoms with van der Waals surface area (Å²) in [7, 11) is 1.69. The molecule has 5 nitrogen and oxygen atoms in total. The first-order chi connectivity index (χ1) is 12.8. The smallest absolute Gasteiger partial charge is 0.160 e. The van der Waals surface area contributed by atoms with Crippen molar-refractivity contribution in [3.05, 3.63) is 60.7 Å². The van der Waals surface area contributed by atoms with Crippen LogP contribution in [0.1, 0.15) is 24.5 Å². The summed E-state index contributed by atoms with van der Waals surface area (Å²) in [5.74, 6) is 1.94. The normalized spacial score (nSPS) is 17.0. The molecule has 3 aromatic rings. The first kappa shape index (κ1) is 16.7.